The van der Waals surface area contributed by atoms with Crippen molar-refractivity contribution in [3.05, 3.63) is 18.2 Å². The van der Waals surface area contributed by atoms with Crippen LogP contribution < -0.4 is 20.1 Å². The van der Waals surface area contributed by atoms with Crippen molar-refractivity contribution in [2.24, 2.45) is 0 Å². The van der Waals surface area contributed by atoms with Crippen LogP contribution in [0.25, 0.3) is 0 Å². The number of carbonyl (C=O) groups excluding carboxylic acids is 1. The van der Waals surface area contributed by atoms with E-state index in [1.54, 1.807) is 18.2 Å². The van der Waals surface area contributed by atoms with Gasteiger partial charge < -0.3 is 25.2 Å². The number of methoxy groups -OCH3 is 2. The summed E-state index contributed by atoms with van der Waals surface area (Å²) in [6.07, 6.45) is 0. The average Bonchev–Trinajstić information content (AvgIpc) is 2.38. The number of aliphatic carboxylic acids is 1. The van der Waals surface area contributed by atoms with Crippen molar-refractivity contribution >= 4 is 17.7 Å². The Morgan fingerprint density at radius 1 is 1.21 bits per heavy atom. The molecule has 3 N–H and O–H groups in total. The topological polar surface area (TPSA) is 96.9 Å². The molecule has 1 aromatic carbocycles. The fourth-order valence-corrected chi connectivity index (χ4v) is 1.34. The second-order valence-electron chi connectivity index (χ2n) is 3.73. The molecule has 0 aliphatic heterocycles. The van der Waals surface area contributed by atoms with Gasteiger partial charge in [-0.15, -0.1) is 0 Å². The zero-order chi connectivity index (χ0) is 14.4. The van der Waals surface area contributed by atoms with Crippen LogP contribution in [-0.4, -0.2) is 37.4 Å². The van der Waals surface area contributed by atoms with Gasteiger partial charge in [0.2, 0.25) is 0 Å². The molecule has 0 bridgehead atoms. The van der Waals surface area contributed by atoms with Gasteiger partial charge in [-0.25, -0.2) is 4.79 Å². The maximum absolute atomic E-state index is 11.5. The minimum atomic E-state index is -1.11. The third kappa shape index (κ3) is 4.06. The number of carbonyl (C=O) groups is 2. The van der Waals surface area contributed by atoms with Gasteiger partial charge in [-0.1, -0.05) is 0 Å². The Kier molecular flexibility index (Phi) is 4.99. The van der Waals surface area contributed by atoms with Gasteiger partial charge in [0.15, 0.2) is 11.5 Å². The van der Waals surface area contributed by atoms with Crippen LogP contribution in [0, 0.1) is 0 Å². The van der Waals surface area contributed by atoms with Crippen LogP contribution in [0.5, 0.6) is 11.5 Å². The number of nitrogens with one attached hydrogen (secondary N) is 2. The summed E-state index contributed by atoms with van der Waals surface area (Å²) in [4.78, 5) is 22.1. The normalized spacial score (nSPS) is 11.3. The van der Waals surface area contributed by atoms with Crippen LogP contribution >= 0.6 is 0 Å². The zero-order valence-electron chi connectivity index (χ0n) is 10.9. The predicted molar refractivity (Wildman–Crippen MR) is 68.8 cm³/mol. The van der Waals surface area contributed by atoms with E-state index in [1.165, 1.54) is 21.1 Å². The fraction of sp³-hybridized carbons (Fsp3) is 0.333. The summed E-state index contributed by atoms with van der Waals surface area (Å²) in [5.41, 5.74) is 0.465. The quantitative estimate of drug-likeness (QED) is 0.747. The lowest BCUT2D eigenvalue weighted by Crippen LogP contribution is -2.40. The second kappa shape index (κ2) is 6.48. The molecule has 0 aromatic heterocycles. The number of ether oxygens (including phenoxy) is 2. The van der Waals surface area contributed by atoms with Crippen molar-refractivity contribution in [2.75, 3.05) is 19.5 Å². The molecule has 0 spiro atoms. The van der Waals surface area contributed by atoms with Gasteiger partial charge in [0.05, 0.1) is 14.2 Å². The summed E-state index contributed by atoms with van der Waals surface area (Å²) in [5.74, 6) is -0.110. The van der Waals surface area contributed by atoms with Crippen LogP contribution in [0.1, 0.15) is 6.92 Å². The number of carboxylic acid groups (broad SMARTS) is 1. The highest BCUT2D eigenvalue weighted by atomic mass is 16.5. The molecule has 1 aromatic rings. The van der Waals surface area contributed by atoms with E-state index in [9.17, 15) is 9.59 Å². The van der Waals surface area contributed by atoms with Crippen LogP contribution in [0.15, 0.2) is 18.2 Å². The molecule has 1 atom stereocenters. The maximum atomic E-state index is 11.5. The minimum absolute atomic E-state index is 0.464. The molecule has 0 aliphatic carbocycles. The largest absolute Gasteiger partial charge is 0.493 e. The molecule has 7 heteroatoms. The summed E-state index contributed by atoms with van der Waals surface area (Å²) in [7, 11) is 2.99. The average molecular weight is 268 g/mol. The number of amides is 2. The Bertz CT molecular complexity index is 475. The van der Waals surface area contributed by atoms with Crippen molar-refractivity contribution < 1.29 is 24.2 Å². The van der Waals surface area contributed by atoms with Gasteiger partial charge >= 0.3 is 12.0 Å². The van der Waals surface area contributed by atoms with Crippen molar-refractivity contribution in [2.45, 2.75) is 13.0 Å². The first kappa shape index (κ1) is 14.6. The summed E-state index contributed by atoms with van der Waals surface area (Å²) < 4.78 is 10.1. The maximum Gasteiger partial charge on any atom is 0.325 e. The smallest absolute Gasteiger partial charge is 0.325 e. The summed E-state index contributed by atoms with van der Waals surface area (Å²) in [5, 5.41) is 13.4. The molecule has 0 saturated carbocycles. The van der Waals surface area contributed by atoms with Gasteiger partial charge in [-0.3, -0.25) is 4.79 Å². The van der Waals surface area contributed by atoms with Crippen molar-refractivity contribution in [3.63, 3.8) is 0 Å². The highest BCUT2D eigenvalue weighted by Crippen LogP contribution is 2.29. The van der Waals surface area contributed by atoms with Gasteiger partial charge in [0, 0.05) is 11.8 Å². The molecular formula is C12H16N2O5. The first-order valence-electron chi connectivity index (χ1n) is 5.50. The molecule has 0 radical (unpaired) electrons. The summed E-state index contributed by atoms with van der Waals surface area (Å²) in [6.45, 7) is 1.37. The SMILES string of the molecule is COc1ccc(NC(=O)N[C@H](C)C(=O)O)cc1OC. The lowest BCUT2D eigenvalue weighted by Gasteiger charge is -2.12. The van der Waals surface area contributed by atoms with E-state index in [4.69, 9.17) is 14.6 Å². The first-order chi connectivity index (χ1) is 8.97. The minimum Gasteiger partial charge on any atom is -0.493 e. The number of hydrogen-bond acceptors (Lipinski definition) is 4. The third-order valence-electron chi connectivity index (χ3n) is 2.36. The van der Waals surface area contributed by atoms with Crippen LogP contribution in [0.4, 0.5) is 10.5 Å². The molecule has 19 heavy (non-hydrogen) atoms. The number of carboxylic acids is 1. The molecule has 2 amide bonds. The van der Waals surface area contributed by atoms with E-state index in [1.807, 2.05) is 0 Å². The Morgan fingerprint density at radius 3 is 2.37 bits per heavy atom. The number of rotatable bonds is 5. The Labute approximate surface area is 110 Å². The van der Waals surface area contributed by atoms with E-state index >= 15 is 0 Å². The highest BCUT2D eigenvalue weighted by molar-refractivity contribution is 5.92. The van der Waals surface area contributed by atoms with E-state index in [-0.39, 0.29) is 0 Å². The monoisotopic (exact) mass is 268 g/mol. The van der Waals surface area contributed by atoms with Crippen molar-refractivity contribution in [1.29, 1.82) is 0 Å². The predicted octanol–water partition coefficient (Wildman–Crippen LogP) is 1.30. The number of benzene rings is 1. The molecule has 104 valence electrons. The number of urea groups is 1. The van der Waals surface area contributed by atoms with E-state index in [0.29, 0.717) is 17.2 Å². The van der Waals surface area contributed by atoms with Crippen molar-refractivity contribution in [1.82, 2.24) is 5.32 Å². The second-order valence-corrected chi connectivity index (χ2v) is 3.73. The first-order valence-corrected chi connectivity index (χ1v) is 5.50. The lowest BCUT2D eigenvalue weighted by atomic mass is 10.2. The molecule has 0 aliphatic rings. The Morgan fingerprint density at radius 2 is 1.84 bits per heavy atom. The molecule has 7 nitrogen and oxygen atoms in total. The summed E-state index contributed by atoms with van der Waals surface area (Å²) >= 11 is 0. The standard InChI is InChI=1S/C12H16N2O5/c1-7(11(15)16)13-12(17)14-8-4-5-9(18-2)10(6-8)19-3/h4-7H,1-3H3,(H,15,16)(H2,13,14,17)/t7-/m1/s1. The molecular weight excluding hydrogens is 252 g/mol. The van der Waals surface area contributed by atoms with Gasteiger partial charge in [0.1, 0.15) is 6.04 Å². The zero-order valence-corrected chi connectivity index (χ0v) is 10.9. The van der Waals surface area contributed by atoms with E-state index < -0.39 is 18.0 Å². The van der Waals surface area contributed by atoms with Gasteiger partial charge in [0.25, 0.3) is 0 Å². The third-order valence-corrected chi connectivity index (χ3v) is 2.36. The molecule has 0 saturated heterocycles. The molecule has 0 heterocycles. The van der Waals surface area contributed by atoms with Crippen LogP contribution in [-0.2, 0) is 4.79 Å². The van der Waals surface area contributed by atoms with Gasteiger partial charge in [-0.2, -0.15) is 0 Å². The van der Waals surface area contributed by atoms with Crippen molar-refractivity contribution in [3.8, 4) is 11.5 Å². The van der Waals surface area contributed by atoms with Gasteiger partial charge in [-0.05, 0) is 19.1 Å². The Hall–Kier alpha value is -2.44. The lowest BCUT2D eigenvalue weighted by molar-refractivity contribution is -0.138. The summed E-state index contributed by atoms with van der Waals surface area (Å²) in [6, 6.07) is 3.24. The van der Waals surface area contributed by atoms with Crippen LogP contribution in [0.3, 0.4) is 0 Å². The Balaban J connectivity index is 2.72. The molecule has 1 rings (SSSR count). The number of hydrogen-bond donors (Lipinski definition) is 3. The fourth-order valence-electron chi connectivity index (χ4n) is 1.34. The van der Waals surface area contributed by atoms with E-state index in [2.05, 4.69) is 10.6 Å². The highest BCUT2D eigenvalue weighted by Gasteiger charge is 2.14. The number of anilines is 1. The molecule has 0 fully saturated rings. The molecule has 0 unspecified atom stereocenters. The van der Waals surface area contributed by atoms with Crippen LogP contribution in [0.2, 0.25) is 0 Å². The van der Waals surface area contributed by atoms with E-state index in [0.717, 1.165) is 0 Å².